The van der Waals surface area contributed by atoms with Crippen LogP contribution in [0.4, 0.5) is 0 Å². The zero-order chi connectivity index (χ0) is 19.1. The van der Waals surface area contributed by atoms with Crippen molar-refractivity contribution < 1.29 is 4.79 Å². The minimum atomic E-state index is -0.248. The second kappa shape index (κ2) is 6.70. The van der Waals surface area contributed by atoms with Crippen molar-refractivity contribution in [2.45, 2.75) is 26.8 Å². The van der Waals surface area contributed by atoms with Crippen molar-refractivity contribution in [2.24, 2.45) is 0 Å². The number of carbonyl (C=O) groups is 1. The van der Waals surface area contributed by atoms with E-state index in [1.807, 2.05) is 24.3 Å². The van der Waals surface area contributed by atoms with Crippen LogP contribution in [0.25, 0.3) is 11.3 Å². The van der Waals surface area contributed by atoms with Gasteiger partial charge in [0.15, 0.2) is 5.43 Å². The Labute approximate surface area is 161 Å². The number of H-pyrrole nitrogens is 2. The van der Waals surface area contributed by atoms with Gasteiger partial charge in [-0.25, -0.2) is 0 Å². The first kappa shape index (κ1) is 17.5. The highest BCUT2D eigenvalue weighted by atomic mass is 35.5. The van der Waals surface area contributed by atoms with Crippen LogP contribution in [-0.4, -0.2) is 32.5 Å². The fourth-order valence-electron chi connectivity index (χ4n) is 3.59. The highest BCUT2D eigenvalue weighted by Gasteiger charge is 2.28. The van der Waals surface area contributed by atoms with Gasteiger partial charge in [-0.05, 0) is 26.0 Å². The first-order chi connectivity index (χ1) is 12.9. The smallest absolute Gasteiger partial charge is 0.259 e. The van der Waals surface area contributed by atoms with Crippen molar-refractivity contribution in [3.05, 3.63) is 73.8 Å². The number of rotatable bonds is 2. The van der Waals surface area contributed by atoms with E-state index in [1.165, 1.54) is 6.07 Å². The van der Waals surface area contributed by atoms with Crippen molar-refractivity contribution in [1.82, 2.24) is 20.1 Å². The number of aryl methyl sites for hydroxylation is 2. The fourth-order valence-corrected chi connectivity index (χ4v) is 3.71. The molecule has 0 saturated heterocycles. The molecule has 0 atom stereocenters. The molecule has 0 saturated carbocycles. The largest absolute Gasteiger partial charge is 0.362 e. The summed E-state index contributed by atoms with van der Waals surface area (Å²) >= 11 is 5.98. The molecule has 3 heterocycles. The molecule has 0 aliphatic carbocycles. The molecule has 0 bridgehead atoms. The molecule has 3 aromatic rings. The standard InChI is InChI=1S/C20H19ClN4O2/c1-11-9-17(26)18(12(2)22-11)20(27)25-8-7-16-15(10-25)19(24-23-16)13-3-5-14(21)6-4-13/h3-6,9H,7-8,10H2,1-2H3,(H,22,26)(H,23,24). The second-order valence-electron chi connectivity index (χ2n) is 6.83. The van der Waals surface area contributed by atoms with Crippen LogP contribution in [0.15, 0.2) is 35.1 Å². The number of nitrogens with zero attached hydrogens (tertiary/aromatic N) is 2. The summed E-state index contributed by atoms with van der Waals surface area (Å²) in [7, 11) is 0. The molecule has 4 rings (SSSR count). The van der Waals surface area contributed by atoms with Crippen LogP contribution in [0.5, 0.6) is 0 Å². The predicted octanol–water partition coefficient (Wildman–Crippen LogP) is 3.23. The van der Waals surface area contributed by atoms with Gasteiger partial charge in [0.1, 0.15) is 5.56 Å². The van der Waals surface area contributed by atoms with E-state index in [0.717, 1.165) is 28.2 Å². The zero-order valence-electron chi connectivity index (χ0n) is 15.1. The third-order valence-corrected chi connectivity index (χ3v) is 5.16. The number of halogens is 1. The van der Waals surface area contributed by atoms with Gasteiger partial charge in [0, 0.05) is 58.8 Å². The predicted molar refractivity (Wildman–Crippen MR) is 104 cm³/mol. The summed E-state index contributed by atoms with van der Waals surface area (Å²) in [6, 6.07) is 8.92. The SMILES string of the molecule is Cc1cc(=O)c(C(=O)N2CCc3[nH]nc(-c4ccc(Cl)cc4)c3C2)c(C)[nH]1. The molecule has 1 aliphatic heterocycles. The van der Waals surface area contributed by atoms with Crippen LogP contribution in [-0.2, 0) is 13.0 Å². The molecule has 0 radical (unpaired) electrons. The highest BCUT2D eigenvalue weighted by molar-refractivity contribution is 6.30. The number of benzene rings is 1. The Morgan fingerprint density at radius 1 is 1.22 bits per heavy atom. The summed E-state index contributed by atoms with van der Waals surface area (Å²) in [6.07, 6.45) is 0.671. The van der Waals surface area contributed by atoms with Crippen molar-refractivity contribution in [2.75, 3.05) is 6.54 Å². The quantitative estimate of drug-likeness (QED) is 0.713. The van der Waals surface area contributed by atoms with Crippen molar-refractivity contribution in [3.63, 3.8) is 0 Å². The summed E-state index contributed by atoms with van der Waals surface area (Å²) in [4.78, 5) is 30.2. The molecule has 27 heavy (non-hydrogen) atoms. The average Bonchev–Trinajstić information content (AvgIpc) is 3.04. The number of aromatic amines is 2. The molecule has 0 fully saturated rings. The number of fused-ring (bicyclic) bond motifs is 1. The van der Waals surface area contributed by atoms with Gasteiger partial charge in [-0.15, -0.1) is 0 Å². The number of pyridine rings is 1. The van der Waals surface area contributed by atoms with Crippen LogP contribution < -0.4 is 5.43 Å². The molecule has 0 spiro atoms. The topological polar surface area (TPSA) is 81.8 Å². The molecular formula is C20H19ClN4O2. The molecule has 0 unspecified atom stereocenters. The number of hydrogen-bond acceptors (Lipinski definition) is 3. The Hall–Kier alpha value is -2.86. The van der Waals surface area contributed by atoms with Gasteiger partial charge < -0.3 is 9.88 Å². The van der Waals surface area contributed by atoms with E-state index in [-0.39, 0.29) is 16.9 Å². The lowest BCUT2D eigenvalue weighted by Gasteiger charge is -2.27. The number of aromatic nitrogens is 3. The van der Waals surface area contributed by atoms with Crippen LogP contribution >= 0.6 is 11.6 Å². The lowest BCUT2D eigenvalue weighted by Crippen LogP contribution is -2.38. The number of hydrogen-bond donors (Lipinski definition) is 2. The maximum absolute atomic E-state index is 13.0. The van der Waals surface area contributed by atoms with Gasteiger partial charge >= 0.3 is 0 Å². The van der Waals surface area contributed by atoms with Gasteiger partial charge in [-0.3, -0.25) is 14.7 Å². The van der Waals surface area contributed by atoms with Crippen LogP contribution in [0.2, 0.25) is 5.02 Å². The lowest BCUT2D eigenvalue weighted by molar-refractivity contribution is 0.0732. The Kier molecular flexibility index (Phi) is 4.36. The molecule has 1 aliphatic rings. The Bertz CT molecular complexity index is 1080. The molecule has 1 aromatic carbocycles. The minimum Gasteiger partial charge on any atom is -0.362 e. The van der Waals surface area contributed by atoms with Gasteiger partial charge in [0.25, 0.3) is 5.91 Å². The third-order valence-electron chi connectivity index (χ3n) is 4.91. The molecule has 6 nitrogen and oxygen atoms in total. The summed E-state index contributed by atoms with van der Waals surface area (Å²) in [6.45, 7) is 4.52. The second-order valence-corrected chi connectivity index (χ2v) is 7.27. The van der Waals surface area contributed by atoms with E-state index in [0.29, 0.717) is 30.2 Å². The Morgan fingerprint density at radius 2 is 1.96 bits per heavy atom. The van der Waals surface area contributed by atoms with Gasteiger partial charge in [-0.2, -0.15) is 5.10 Å². The van der Waals surface area contributed by atoms with Crippen LogP contribution in [0.3, 0.4) is 0 Å². The molecule has 2 aromatic heterocycles. The summed E-state index contributed by atoms with van der Waals surface area (Å²) in [5.74, 6) is -0.248. The Balaban J connectivity index is 1.67. The fraction of sp³-hybridized carbons (Fsp3) is 0.250. The first-order valence-corrected chi connectivity index (χ1v) is 9.13. The van der Waals surface area contributed by atoms with E-state index in [1.54, 1.807) is 18.7 Å². The monoisotopic (exact) mass is 382 g/mol. The number of carbonyl (C=O) groups excluding carboxylic acids is 1. The minimum absolute atomic E-state index is 0.209. The summed E-state index contributed by atoms with van der Waals surface area (Å²) < 4.78 is 0. The molecule has 7 heteroatoms. The van der Waals surface area contributed by atoms with Crippen molar-refractivity contribution in [3.8, 4) is 11.3 Å². The van der Waals surface area contributed by atoms with E-state index >= 15 is 0 Å². The molecule has 1 amide bonds. The van der Waals surface area contributed by atoms with Crippen LogP contribution in [0.1, 0.15) is 33.0 Å². The lowest BCUT2D eigenvalue weighted by atomic mass is 10.00. The summed E-state index contributed by atoms with van der Waals surface area (Å²) in [5, 5.41) is 8.18. The van der Waals surface area contributed by atoms with Crippen LogP contribution in [0, 0.1) is 13.8 Å². The third kappa shape index (κ3) is 3.17. The summed E-state index contributed by atoms with van der Waals surface area (Å²) in [5.41, 5.74) is 5.07. The van der Waals surface area contributed by atoms with E-state index in [2.05, 4.69) is 15.2 Å². The Morgan fingerprint density at radius 3 is 2.67 bits per heavy atom. The van der Waals surface area contributed by atoms with E-state index in [9.17, 15) is 9.59 Å². The van der Waals surface area contributed by atoms with Crippen molar-refractivity contribution in [1.29, 1.82) is 0 Å². The molecular weight excluding hydrogens is 364 g/mol. The number of amides is 1. The van der Waals surface area contributed by atoms with Gasteiger partial charge in [0.05, 0.1) is 5.69 Å². The van der Waals surface area contributed by atoms with E-state index in [4.69, 9.17) is 11.6 Å². The molecule has 138 valence electrons. The first-order valence-electron chi connectivity index (χ1n) is 8.76. The van der Waals surface area contributed by atoms with Gasteiger partial charge in [0.2, 0.25) is 0 Å². The van der Waals surface area contributed by atoms with Crippen molar-refractivity contribution >= 4 is 17.5 Å². The zero-order valence-corrected chi connectivity index (χ0v) is 15.9. The van der Waals surface area contributed by atoms with Gasteiger partial charge in [-0.1, -0.05) is 23.7 Å². The average molecular weight is 383 g/mol. The maximum Gasteiger partial charge on any atom is 0.259 e. The maximum atomic E-state index is 13.0. The highest BCUT2D eigenvalue weighted by Crippen LogP contribution is 2.29. The number of nitrogens with one attached hydrogen (secondary N) is 2. The molecule has 2 N–H and O–H groups in total. The van der Waals surface area contributed by atoms with E-state index < -0.39 is 0 Å². The normalized spacial score (nSPS) is 13.5.